The molecule has 0 atom stereocenters. The van der Waals surface area contributed by atoms with Crippen LogP contribution in [0.3, 0.4) is 0 Å². The van der Waals surface area contributed by atoms with Gasteiger partial charge in [0.1, 0.15) is 5.82 Å². The molecule has 10 heteroatoms. The van der Waals surface area contributed by atoms with E-state index in [1.807, 2.05) is 11.6 Å². The summed E-state index contributed by atoms with van der Waals surface area (Å²) >= 11 is 6.37. The summed E-state index contributed by atoms with van der Waals surface area (Å²) in [6.07, 6.45) is 2.60. The molecular weight excluding hydrogens is 414 g/mol. The Kier molecular flexibility index (Phi) is 5.81. The standard InChI is InChI=1S/C19H22ClN5O3S/c1-11(2)9-21-18-16(20)8-14(10-22-18)25-17-6-5-13(7-15(17)12(3)23-25)19(26)24-29(4,27)28/h5-8,10-11H,9H2,1-4H3,(H,21,22)(H,24,26). The Morgan fingerprint density at radius 2 is 2.00 bits per heavy atom. The average Bonchev–Trinajstić information content (AvgIpc) is 2.95. The third-order valence-corrected chi connectivity index (χ3v) is 5.00. The summed E-state index contributed by atoms with van der Waals surface area (Å²) in [7, 11) is -3.64. The number of sulfonamides is 1. The molecule has 1 amide bonds. The van der Waals surface area contributed by atoms with Gasteiger partial charge in [-0.2, -0.15) is 5.10 Å². The van der Waals surface area contributed by atoms with Crippen molar-refractivity contribution >= 4 is 44.3 Å². The Balaban J connectivity index is 1.97. The zero-order valence-electron chi connectivity index (χ0n) is 16.5. The molecule has 0 saturated heterocycles. The number of hydrogen-bond donors (Lipinski definition) is 2. The molecule has 0 bridgehead atoms. The first kappa shape index (κ1) is 21.1. The summed E-state index contributed by atoms with van der Waals surface area (Å²) in [6, 6.07) is 6.65. The van der Waals surface area contributed by atoms with Crippen LogP contribution in [-0.4, -0.2) is 41.9 Å². The van der Waals surface area contributed by atoms with Gasteiger partial charge in [-0.3, -0.25) is 4.79 Å². The number of nitrogens with one attached hydrogen (secondary N) is 2. The third-order valence-electron chi connectivity index (χ3n) is 4.15. The summed E-state index contributed by atoms with van der Waals surface area (Å²) in [5, 5.41) is 8.94. The molecule has 3 rings (SSSR count). The maximum Gasteiger partial charge on any atom is 0.264 e. The van der Waals surface area contributed by atoms with E-state index in [1.54, 1.807) is 35.1 Å². The van der Waals surface area contributed by atoms with Gasteiger partial charge in [-0.25, -0.2) is 22.8 Å². The van der Waals surface area contributed by atoms with Crippen LogP contribution in [0.2, 0.25) is 5.02 Å². The number of aromatic nitrogens is 3. The highest BCUT2D eigenvalue weighted by molar-refractivity contribution is 7.89. The van der Waals surface area contributed by atoms with E-state index in [0.717, 1.165) is 23.7 Å². The number of aryl methyl sites for hydroxylation is 1. The first-order chi connectivity index (χ1) is 13.5. The van der Waals surface area contributed by atoms with Crippen molar-refractivity contribution in [2.75, 3.05) is 18.1 Å². The minimum atomic E-state index is -3.64. The lowest BCUT2D eigenvalue weighted by atomic mass is 10.1. The maximum absolute atomic E-state index is 12.1. The summed E-state index contributed by atoms with van der Waals surface area (Å²) in [5.74, 6) is 0.378. The van der Waals surface area contributed by atoms with E-state index in [9.17, 15) is 13.2 Å². The van der Waals surface area contributed by atoms with Crippen molar-refractivity contribution in [2.24, 2.45) is 5.92 Å². The predicted octanol–water partition coefficient (Wildman–Crippen LogP) is 3.14. The van der Waals surface area contributed by atoms with Gasteiger partial charge in [0.2, 0.25) is 10.0 Å². The Bertz CT molecular complexity index is 1190. The smallest absolute Gasteiger partial charge is 0.264 e. The average molecular weight is 436 g/mol. The second-order valence-corrected chi connectivity index (χ2v) is 9.39. The van der Waals surface area contributed by atoms with Crippen LogP contribution in [0.25, 0.3) is 16.6 Å². The van der Waals surface area contributed by atoms with E-state index < -0.39 is 15.9 Å². The lowest BCUT2D eigenvalue weighted by Gasteiger charge is -2.11. The topological polar surface area (TPSA) is 106 Å². The van der Waals surface area contributed by atoms with Crippen molar-refractivity contribution < 1.29 is 13.2 Å². The van der Waals surface area contributed by atoms with Crippen LogP contribution in [0.5, 0.6) is 0 Å². The highest BCUT2D eigenvalue weighted by Crippen LogP contribution is 2.27. The summed E-state index contributed by atoms with van der Waals surface area (Å²) < 4.78 is 26.3. The first-order valence-corrected chi connectivity index (χ1v) is 11.2. The molecule has 0 fully saturated rings. The van der Waals surface area contributed by atoms with E-state index in [2.05, 4.69) is 29.2 Å². The lowest BCUT2D eigenvalue weighted by Crippen LogP contribution is -2.29. The van der Waals surface area contributed by atoms with Crippen LogP contribution < -0.4 is 10.0 Å². The molecule has 2 N–H and O–H groups in total. The molecule has 0 aliphatic carbocycles. The molecule has 0 spiro atoms. The summed E-state index contributed by atoms with van der Waals surface area (Å²) in [6.45, 7) is 6.76. The zero-order chi connectivity index (χ0) is 21.3. The molecule has 1 aromatic carbocycles. The van der Waals surface area contributed by atoms with Crippen molar-refractivity contribution in [3.05, 3.63) is 46.7 Å². The van der Waals surface area contributed by atoms with Gasteiger partial charge < -0.3 is 5.32 Å². The fourth-order valence-electron chi connectivity index (χ4n) is 2.81. The summed E-state index contributed by atoms with van der Waals surface area (Å²) in [5.41, 5.74) is 2.35. The van der Waals surface area contributed by atoms with E-state index >= 15 is 0 Å². The molecule has 2 aromatic heterocycles. The van der Waals surface area contributed by atoms with Crippen molar-refractivity contribution in [3.63, 3.8) is 0 Å². The number of fused-ring (bicyclic) bond motifs is 1. The number of pyridine rings is 1. The van der Waals surface area contributed by atoms with Gasteiger partial charge in [-0.1, -0.05) is 25.4 Å². The number of anilines is 1. The minimum Gasteiger partial charge on any atom is -0.369 e. The molecule has 2 heterocycles. The van der Waals surface area contributed by atoms with Crippen molar-refractivity contribution in [2.45, 2.75) is 20.8 Å². The largest absolute Gasteiger partial charge is 0.369 e. The number of rotatable bonds is 6. The molecule has 0 unspecified atom stereocenters. The number of carbonyl (C=O) groups is 1. The SMILES string of the molecule is Cc1nn(-c2cnc(NCC(C)C)c(Cl)c2)c2ccc(C(=O)NS(C)(=O)=O)cc12. The van der Waals surface area contributed by atoms with Crippen molar-refractivity contribution in [1.29, 1.82) is 0 Å². The molecular formula is C19H22ClN5O3S. The quantitative estimate of drug-likeness (QED) is 0.616. The molecule has 0 aliphatic rings. The Labute approximate surface area is 174 Å². The number of halogens is 1. The van der Waals surface area contributed by atoms with Crippen LogP contribution in [0.1, 0.15) is 29.9 Å². The summed E-state index contributed by atoms with van der Waals surface area (Å²) in [4.78, 5) is 16.5. The maximum atomic E-state index is 12.1. The van der Waals surface area contributed by atoms with E-state index in [1.165, 1.54) is 0 Å². The minimum absolute atomic E-state index is 0.231. The van der Waals surface area contributed by atoms with E-state index in [0.29, 0.717) is 28.1 Å². The second-order valence-electron chi connectivity index (χ2n) is 7.23. The highest BCUT2D eigenvalue weighted by atomic mass is 35.5. The van der Waals surface area contributed by atoms with Gasteiger partial charge in [0, 0.05) is 17.5 Å². The number of nitrogens with zero attached hydrogens (tertiary/aromatic N) is 3. The highest BCUT2D eigenvalue weighted by Gasteiger charge is 2.16. The monoisotopic (exact) mass is 435 g/mol. The normalized spacial score (nSPS) is 11.8. The van der Waals surface area contributed by atoms with Crippen LogP contribution >= 0.6 is 11.6 Å². The first-order valence-electron chi connectivity index (χ1n) is 8.96. The molecule has 3 aromatic rings. The van der Waals surface area contributed by atoms with Crippen LogP contribution in [-0.2, 0) is 10.0 Å². The predicted molar refractivity (Wildman–Crippen MR) is 114 cm³/mol. The molecule has 0 radical (unpaired) electrons. The Hall–Kier alpha value is -2.65. The zero-order valence-corrected chi connectivity index (χ0v) is 18.1. The van der Waals surface area contributed by atoms with Gasteiger partial charge >= 0.3 is 0 Å². The van der Waals surface area contributed by atoms with Gasteiger partial charge in [-0.05, 0) is 37.1 Å². The second kappa shape index (κ2) is 8.00. The van der Waals surface area contributed by atoms with E-state index in [-0.39, 0.29) is 5.56 Å². The molecule has 154 valence electrons. The molecule has 29 heavy (non-hydrogen) atoms. The molecule has 0 saturated carbocycles. The Morgan fingerprint density at radius 1 is 1.28 bits per heavy atom. The van der Waals surface area contributed by atoms with Crippen LogP contribution in [0.4, 0.5) is 5.82 Å². The van der Waals surface area contributed by atoms with Crippen LogP contribution in [0, 0.1) is 12.8 Å². The lowest BCUT2D eigenvalue weighted by molar-refractivity contribution is 0.0982. The van der Waals surface area contributed by atoms with Gasteiger partial charge in [0.25, 0.3) is 5.91 Å². The van der Waals surface area contributed by atoms with Gasteiger partial charge in [0.05, 0.1) is 34.4 Å². The third kappa shape index (κ3) is 4.86. The van der Waals surface area contributed by atoms with E-state index in [4.69, 9.17) is 11.6 Å². The number of carbonyl (C=O) groups excluding carboxylic acids is 1. The van der Waals surface area contributed by atoms with Gasteiger partial charge in [0.15, 0.2) is 0 Å². The number of hydrogen-bond acceptors (Lipinski definition) is 6. The number of benzene rings is 1. The molecule has 0 aliphatic heterocycles. The number of amides is 1. The fourth-order valence-corrected chi connectivity index (χ4v) is 3.49. The van der Waals surface area contributed by atoms with Crippen LogP contribution in [0.15, 0.2) is 30.5 Å². The Morgan fingerprint density at radius 3 is 2.62 bits per heavy atom. The molecule has 8 nitrogen and oxygen atoms in total. The van der Waals surface area contributed by atoms with Gasteiger partial charge in [-0.15, -0.1) is 0 Å². The fraction of sp³-hybridized carbons (Fsp3) is 0.316. The van der Waals surface area contributed by atoms with Crippen molar-refractivity contribution in [3.8, 4) is 5.69 Å². The van der Waals surface area contributed by atoms with Crippen molar-refractivity contribution in [1.82, 2.24) is 19.5 Å².